The van der Waals surface area contributed by atoms with E-state index in [2.05, 4.69) is 10.6 Å². The number of benzene rings is 1. The molecule has 2 unspecified atom stereocenters. The van der Waals surface area contributed by atoms with Crippen LogP contribution in [0.15, 0.2) is 36.0 Å². The molecule has 0 spiro atoms. The van der Waals surface area contributed by atoms with Gasteiger partial charge in [0.1, 0.15) is 0 Å². The molecule has 0 saturated heterocycles. The van der Waals surface area contributed by atoms with Gasteiger partial charge in [0.15, 0.2) is 10.9 Å². The molecule has 1 aromatic carbocycles. The Hall–Kier alpha value is -1.61. The molecule has 7 nitrogen and oxygen atoms in total. The van der Waals surface area contributed by atoms with Crippen molar-refractivity contribution in [3.05, 3.63) is 47.2 Å². The summed E-state index contributed by atoms with van der Waals surface area (Å²) in [6.45, 7) is 2.08. The monoisotopic (exact) mass is 346 g/mol. The van der Waals surface area contributed by atoms with E-state index < -0.39 is 27.1 Å². The van der Waals surface area contributed by atoms with Crippen LogP contribution in [0.5, 0.6) is 0 Å². The largest absolute Gasteiger partial charge is 0.354 e. The molecule has 2 atom stereocenters. The van der Waals surface area contributed by atoms with E-state index in [9.17, 15) is 17.8 Å². The molecule has 0 bridgehead atoms. The van der Waals surface area contributed by atoms with Gasteiger partial charge in [-0.25, -0.2) is 4.79 Å². The van der Waals surface area contributed by atoms with E-state index in [1.165, 1.54) is 0 Å². The van der Waals surface area contributed by atoms with Crippen LogP contribution in [0.2, 0.25) is 0 Å². The number of ether oxygens (including phenoxy) is 1. The van der Waals surface area contributed by atoms with Crippen LogP contribution in [0.4, 0.5) is 4.79 Å². The Kier molecular flexibility index (Phi) is 5.07. The third-order valence-electron chi connectivity index (χ3n) is 2.97. The maximum Gasteiger partial charge on any atom is 0.320 e. The van der Waals surface area contributed by atoms with E-state index in [4.69, 9.17) is 16.3 Å². The van der Waals surface area contributed by atoms with Gasteiger partial charge in [-0.1, -0.05) is 41.4 Å². The van der Waals surface area contributed by atoms with Crippen LogP contribution in [0.25, 0.3) is 0 Å². The van der Waals surface area contributed by atoms with Crippen LogP contribution < -0.4 is 10.6 Å². The lowest BCUT2D eigenvalue weighted by atomic mass is 10.1. The third kappa shape index (κ3) is 4.20. The summed E-state index contributed by atoms with van der Waals surface area (Å²) >= 11 is 6.04. The van der Waals surface area contributed by atoms with Crippen LogP contribution in [0.1, 0.15) is 11.1 Å². The summed E-state index contributed by atoms with van der Waals surface area (Å²) < 4.78 is 37.2. The molecular formula is C13H15ClN2O5S. The second kappa shape index (κ2) is 6.66. The van der Waals surface area contributed by atoms with Gasteiger partial charge < -0.3 is 15.4 Å². The van der Waals surface area contributed by atoms with E-state index in [0.717, 1.165) is 17.3 Å². The average molecular weight is 347 g/mol. The first-order valence-electron chi connectivity index (χ1n) is 6.32. The summed E-state index contributed by atoms with van der Waals surface area (Å²) in [7, 11) is -4.55. The van der Waals surface area contributed by atoms with Gasteiger partial charge in [0.05, 0.1) is 6.61 Å². The maximum atomic E-state index is 11.3. The summed E-state index contributed by atoms with van der Waals surface area (Å²) in [4.78, 5) is 11.2. The zero-order chi connectivity index (χ0) is 16.3. The minimum atomic E-state index is -4.55. The van der Waals surface area contributed by atoms with Crippen molar-refractivity contribution in [2.24, 2.45) is 0 Å². The first-order valence-corrected chi connectivity index (χ1v) is 8.26. The molecule has 9 heteroatoms. The lowest BCUT2D eigenvalue weighted by molar-refractivity contribution is 0.111. The Morgan fingerprint density at radius 1 is 1.45 bits per heavy atom. The SMILES string of the molecule is Cc1cccc(COC(Cl)C2=CNC(=O)NC2S(=O)(=O)O)c1. The Labute approximate surface area is 133 Å². The quantitative estimate of drug-likeness (QED) is 0.553. The number of carbonyl (C=O) groups is 1. The molecule has 0 saturated carbocycles. The molecule has 0 aromatic heterocycles. The molecule has 2 rings (SSSR count). The van der Waals surface area contributed by atoms with Crippen LogP contribution in [-0.4, -0.2) is 29.9 Å². The number of hydrogen-bond acceptors (Lipinski definition) is 4. The fourth-order valence-electron chi connectivity index (χ4n) is 1.97. The van der Waals surface area contributed by atoms with Gasteiger partial charge in [0.2, 0.25) is 0 Å². The first-order chi connectivity index (χ1) is 10.3. The predicted octanol–water partition coefficient (Wildman–Crippen LogP) is 1.49. The smallest absolute Gasteiger partial charge is 0.320 e. The summed E-state index contributed by atoms with van der Waals surface area (Å²) in [5.41, 5.74) is 0.772. The molecule has 1 heterocycles. The van der Waals surface area contributed by atoms with Crippen LogP contribution in [-0.2, 0) is 21.5 Å². The second-order valence-corrected chi connectivity index (χ2v) is 6.67. The van der Waals surface area contributed by atoms with Crippen molar-refractivity contribution >= 4 is 27.8 Å². The van der Waals surface area contributed by atoms with Crippen LogP contribution in [0.3, 0.4) is 0 Å². The Balaban J connectivity index is 2.10. The predicted molar refractivity (Wildman–Crippen MR) is 80.7 cm³/mol. The Morgan fingerprint density at radius 3 is 2.82 bits per heavy atom. The molecule has 0 fully saturated rings. The minimum absolute atomic E-state index is 0.00332. The summed E-state index contributed by atoms with van der Waals surface area (Å²) in [6.07, 6.45) is 1.12. The normalized spacial score (nSPS) is 19.9. The van der Waals surface area contributed by atoms with E-state index >= 15 is 0 Å². The molecule has 0 aliphatic carbocycles. The topological polar surface area (TPSA) is 105 Å². The standard InChI is InChI=1S/C13H15ClN2O5S/c1-8-3-2-4-9(5-8)7-21-11(14)10-6-15-13(17)16-12(10)22(18,19)20/h2-6,11-12H,7H2,1H3,(H2,15,16,17)(H,18,19,20). The minimum Gasteiger partial charge on any atom is -0.354 e. The maximum absolute atomic E-state index is 11.3. The number of aryl methyl sites for hydroxylation is 1. The molecule has 2 amide bonds. The van der Waals surface area contributed by atoms with Crippen molar-refractivity contribution < 1.29 is 22.5 Å². The van der Waals surface area contributed by atoms with Gasteiger partial charge in [-0.05, 0) is 12.5 Å². The molecule has 120 valence electrons. The molecule has 1 aromatic rings. The number of alkyl halides is 1. The fraction of sp³-hybridized carbons (Fsp3) is 0.308. The number of hydrogen-bond donors (Lipinski definition) is 3. The fourth-order valence-corrected chi connectivity index (χ4v) is 3.09. The molecule has 0 radical (unpaired) electrons. The number of amides is 2. The third-order valence-corrected chi connectivity index (χ3v) is 4.34. The Bertz CT molecular complexity index is 704. The number of rotatable bonds is 5. The summed E-state index contributed by atoms with van der Waals surface area (Å²) in [5, 5.41) is 2.71. The Morgan fingerprint density at radius 2 is 2.18 bits per heavy atom. The van der Waals surface area contributed by atoms with Crippen molar-refractivity contribution in [2.75, 3.05) is 0 Å². The second-order valence-electron chi connectivity index (χ2n) is 4.77. The van der Waals surface area contributed by atoms with E-state index in [-0.39, 0.29) is 12.2 Å². The zero-order valence-electron chi connectivity index (χ0n) is 11.6. The van der Waals surface area contributed by atoms with Gasteiger partial charge >= 0.3 is 6.03 Å². The molecule has 1 aliphatic rings. The molecule has 22 heavy (non-hydrogen) atoms. The lowest BCUT2D eigenvalue weighted by Crippen LogP contribution is -2.51. The van der Waals surface area contributed by atoms with E-state index in [0.29, 0.717) is 0 Å². The number of carbonyl (C=O) groups excluding carboxylic acids is 1. The van der Waals surface area contributed by atoms with Crippen molar-refractivity contribution in [3.8, 4) is 0 Å². The van der Waals surface area contributed by atoms with Crippen LogP contribution in [0, 0.1) is 6.92 Å². The zero-order valence-corrected chi connectivity index (χ0v) is 13.2. The summed E-state index contributed by atoms with van der Waals surface area (Å²) in [6, 6.07) is 6.78. The summed E-state index contributed by atoms with van der Waals surface area (Å²) in [5.74, 6) is 0. The van der Waals surface area contributed by atoms with Crippen molar-refractivity contribution in [1.29, 1.82) is 0 Å². The van der Waals surface area contributed by atoms with Crippen molar-refractivity contribution in [3.63, 3.8) is 0 Å². The highest BCUT2D eigenvalue weighted by Gasteiger charge is 2.35. The van der Waals surface area contributed by atoms with Gasteiger partial charge in [-0.3, -0.25) is 4.55 Å². The lowest BCUT2D eigenvalue weighted by Gasteiger charge is -2.26. The van der Waals surface area contributed by atoms with Gasteiger partial charge in [0.25, 0.3) is 10.1 Å². The van der Waals surface area contributed by atoms with Gasteiger partial charge in [-0.2, -0.15) is 8.42 Å². The van der Waals surface area contributed by atoms with Crippen LogP contribution >= 0.6 is 11.6 Å². The highest BCUT2D eigenvalue weighted by Crippen LogP contribution is 2.22. The van der Waals surface area contributed by atoms with E-state index in [1.54, 1.807) is 0 Å². The number of nitrogens with one attached hydrogen (secondary N) is 2. The number of urea groups is 1. The first kappa shape index (κ1) is 16.8. The molecule has 3 N–H and O–H groups in total. The van der Waals surface area contributed by atoms with Gasteiger partial charge in [0, 0.05) is 11.8 Å². The van der Waals surface area contributed by atoms with Gasteiger partial charge in [-0.15, -0.1) is 0 Å². The highest BCUT2D eigenvalue weighted by molar-refractivity contribution is 7.86. The molecule has 1 aliphatic heterocycles. The highest BCUT2D eigenvalue weighted by atomic mass is 35.5. The van der Waals surface area contributed by atoms with E-state index in [1.807, 2.05) is 31.2 Å². The van der Waals surface area contributed by atoms with Crippen molar-refractivity contribution in [1.82, 2.24) is 10.6 Å². The number of halogens is 1. The van der Waals surface area contributed by atoms with Crippen molar-refractivity contribution in [2.45, 2.75) is 24.5 Å². The average Bonchev–Trinajstić information content (AvgIpc) is 2.44. The molecular weight excluding hydrogens is 332 g/mol.